The van der Waals surface area contributed by atoms with Crippen molar-refractivity contribution in [2.75, 3.05) is 6.61 Å². The molecular weight excluding hydrogens is 316 g/mol. The van der Waals surface area contributed by atoms with Gasteiger partial charge in [0.2, 0.25) is 0 Å². The van der Waals surface area contributed by atoms with Gasteiger partial charge >= 0.3 is 15.3 Å². The van der Waals surface area contributed by atoms with Gasteiger partial charge in [-0.05, 0) is 36.3 Å². The Balaban J connectivity index is 2.55. The van der Waals surface area contributed by atoms with Gasteiger partial charge < -0.3 is 5.11 Å². The van der Waals surface area contributed by atoms with Crippen LogP contribution in [0.5, 0.6) is 0 Å². The van der Waals surface area contributed by atoms with Crippen LogP contribution in [0.4, 0.5) is 0 Å². The molecule has 0 bridgehead atoms. The third-order valence-corrected chi connectivity index (χ3v) is 3.80. The second kappa shape index (κ2) is 7.24. The number of hydrogen-bond donors (Lipinski definition) is 1. The second-order valence-corrected chi connectivity index (χ2v) is 7.79. The van der Waals surface area contributed by atoms with E-state index in [4.69, 9.17) is 15.8 Å². The van der Waals surface area contributed by atoms with Crippen LogP contribution in [-0.2, 0) is 19.9 Å². The molecule has 0 aliphatic rings. The van der Waals surface area contributed by atoms with E-state index in [1.54, 1.807) is 24.3 Å². The number of carbonyl (C=O) groups is 1. The van der Waals surface area contributed by atoms with Crippen LogP contribution in [0.2, 0.25) is 0 Å². The fraction of sp³-hybridized carbons (Fsp3) is 0.500. The highest BCUT2D eigenvalue weighted by Crippen LogP contribution is 2.25. The molecule has 0 heterocycles. The van der Waals surface area contributed by atoms with E-state index in [9.17, 15) is 13.2 Å². The predicted octanol–water partition coefficient (Wildman–Crippen LogP) is 3.23. The Hall–Kier alpha value is -1.11. The Bertz CT molecular complexity index is 595. The summed E-state index contributed by atoms with van der Waals surface area (Å²) in [5, 5.41) is 9.10. The largest absolute Gasteiger partial charge is 0.478 e. The molecule has 0 fully saturated rings. The van der Waals surface area contributed by atoms with Gasteiger partial charge in [-0.3, -0.25) is 4.18 Å². The van der Waals surface area contributed by atoms with E-state index in [0.29, 0.717) is 18.4 Å². The number of aromatic carboxylic acids is 1. The Morgan fingerprint density at radius 1 is 1.33 bits per heavy atom. The Labute approximate surface area is 129 Å². The zero-order valence-corrected chi connectivity index (χ0v) is 13.6. The molecule has 118 valence electrons. The van der Waals surface area contributed by atoms with Gasteiger partial charge in [0, 0.05) is 10.7 Å². The summed E-state index contributed by atoms with van der Waals surface area (Å²) in [6, 6.07) is 6.86. The van der Waals surface area contributed by atoms with E-state index >= 15 is 0 Å². The van der Waals surface area contributed by atoms with E-state index in [2.05, 4.69) is 4.18 Å². The summed E-state index contributed by atoms with van der Waals surface area (Å²) in [4.78, 5) is 11.1. The van der Waals surface area contributed by atoms with Gasteiger partial charge in [-0.2, -0.15) is 8.42 Å². The van der Waals surface area contributed by atoms with E-state index in [1.165, 1.54) is 0 Å². The summed E-state index contributed by atoms with van der Waals surface area (Å²) in [5.74, 6) is -0.943. The zero-order chi connectivity index (χ0) is 16.1. The quantitative estimate of drug-likeness (QED) is 0.738. The molecule has 21 heavy (non-hydrogen) atoms. The van der Waals surface area contributed by atoms with Gasteiger partial charge in [0.1, 0.15) is 0 Å². The van der Waals surface area contributed by atoms with Crippen molar-refractivity contribution >= 4 is 26.0 Å². The zero-order valence-electron chi connectivity index (χ0n) is 12.0. The lowest BCUT2D eigenvalue weighted by atomic mass is 9.87. The number of benzene rings is 1. The summed E-state index contributed by atoms with van der Waals surface area (Å²) in [6.45, 7) is 3.75. The molecule has 0 atom stereocenters. The minimum atomic E-state index is -3.96. The molecule has 0 spiro atoms. The van der Waals surface area contributed by atoms with Gasteiger partial charge in [-0.15, -0.1) is 0 Å². The van der Waals surface area contributed by atoms with Gasteiger partial charge in [-0.25, -0.2) is 4.79 Å². The van der Waals surface area contributed by atoms with Crippen LogP contribution in [0, 0.1) is 5.41 Å². The van der Waals surface area contributed by atoms with Gasteiger partial charge in [0.25, 0.3) is 0 Å². The molecule has 0 amide bonds. The molecule has 1 N–H and O–H groups in total. The minimum Gasteiger partial charge on any atom is -0.478 e. The van der Waals surface area contributed by atoms with Crippen molar-refractivity contribution in [2.45, 2.75) is 33.1 Å². The molecule has 0 aliphatic carbocycles. The van der Waals surface area contributed by atoms with E-state index < -0.39 is 15.3 Å². The maximum absolute atomic E-state index is 11.1. The predicted molar refractivity (Wildman–Crippen MR) is 80.8 cm³/mol. The van der Waals surface area contributed by atoms with Crippen molar-refractivity contribution in [2.24, 2.45) is 5.41 Å². The first-order chi connectivity index (χ1) is 9.61. The Morgan fingerprint density at radius 2 is 1.95 bits per heavy atom. The normalized spacial score (nSPS) is 12.3. The first kappa shape index (κ1) is 17.9. The standard InChI is InChI=1S/C14H19ClO5S/c1-14(2,10-20-21(15,18)19)9-5-7-11-6-3-4-8-12(11)13(16)17/h3-4,6,8H,5,7,9-10H2,1-2H3,(H,16,17). The Kier molecular flexibility index (Phi) is 6.19. The van der Waals surface area contributed by atoms with Crippen molar-refractivity contribution in [1.29, 1.82) is 0 Å². The van der Waals surface area contributed by atoms with Crippen LogP contribution in [0.15, 0.2) is 24.3 Å². The minimum absolute atomic E-state index is 0.000585. The number of aryl methyl sites for hydroxylation is 1. The van der Waals surface area contributed by atoms with E-state index in [-0.39, 0.29) is 12.0 Å². The van der Waals surface area contributed by atoms with E-state index in [0.717, 1.165) is 12.0 Å². The number of hydrogen-bond acceptors (Lipinski definition) is 4. The average molecular weight is 335 g/mol. The van der Waals surface area contributed by atoms with Crippen molar-refractivity contribution in [3.63, 3.8) is 0 Å². The molecule has 1 aromatic carbocycles. The molecule has 0 aromatic heterocycles. The third kappa shape index (κ3) is 6.93. The van der Waals surface area contributed by atoms with Crippen LogP contribution >= 0.6 is 10.7 Å². The molecular formula is C14H19ClO5S. The van der Waals surface area contributed by atoms with Crippen LogP contribution in [0.3, 0.4) is 0 Å². The number of carboxylic acid groups (broad SMARTS) is 1. The van der Waals surface area contributed by atoms with Crippen molar-refractivity contribution < 1.29 is 22.5 Å². The van der Waals surface area contributed by atoms with Gasteiger partial charge in [0.05, 0.1) is 12.2 Å². The molecule has 0 saturated carbocycles. The number of carboxylic acids is 1. The SMILES string of the molecule is CC(C)(CCCc1ccccc1C(=O)O)COS(=O)(=O)Cl. The van der Waals surface area contributed by atoms with Crippen LogP contribution in [0.1, 0.15) is 42.6 Å². The first-order valence-electron chi connectivity index (χ1n) is 6.51. The van der Waals surface area contributed by atoms with Crippen molar-refractivity contribution in [1.82, 2.24) is 0 Å². The van der Waals surface area contributed by atoms with Crippen molar-refractivity contribution in [3.05, 3.63) is 35.4 Å². The molecule has 1 rings (SSSR count). The number of halogens is 1. The smallest absolute Gasteiger partial charge is 0.355 e. The molecule has 0 radical (unpaired) electrons. The fourth-order valence-electron chi connectivity index (χ4n) is 2.01. The third-order valence-electron chi connectivity index (χ3n) is 3.14. The van der Waals surface area contributed by atoms with Crippen LogP contribution < -0.4 is 0 Å². The highest BCUT2D eigenvalue weighted by molar-refractivity contribution is 8.09. The number of rotatable bonds is 8. The molecule has 0 saturated heterocycles. The lowest BCUT2D eigenvalue weighted by molar-refractivity contribution is 0.0695. The molecule has 0 unspecified atom stereocenters. The van der Waals surface area contributed by atoms with Gasteiger partial charge in [-0.1, -0.05) is 32.0 Å². The first-order valence-corrected chi connectivity index (χ1v) is 8.74. The Morgan fingerprint density at radius 3 is 2.52 bits per heavy atom. The van der Waals surface area contributed by atoms with E-state index in [1.807, 2.05) is 13.8 Å². The molecule has 7 heteroatoms. The summed E-state index contributed by atoms with van der Waals surface area (Å²) >= 11 is 0. The summed E-state index contributed by atoms with van der Waals surface area (Å²) in [6.07, 6.45) is 2.02. The fourth-order valence-corrected chi connectivity index (χ4v) is 2.60. The average Bonchev–Trinajstić information content (AvgIpc) is 2.36. The summed E-state index contributed by atoms with van der Waals surface area (Å²) < 4.78 is 26.1. The second-order valence-electron chi connectivity index (χ2n) is 5.64. The van der Waals surface area contributed by atoms with Crippen molar-refractivity contribution in [3.8, 4) is 0 Å². The molecule has 0 aliphatic heterocycles. The topological polar surface area (TPSA) is 80.7 Å². The highest BCUT2D eigenvalue weighted by atomic mass is 35.7. The maximum Gasteiger partial charge on any atom is 0.355 e. The van der Waals surface area contributed by atoms with Crippen LogP contribution in [0.25, 0.3) is 0 Å². The monoisotopic (exact) mass is 334 g/mol. The summed E-state index contributed by atoms with van der Waals surface area (Å²) in [5.41, 5.74) is 0.710. The molecule has 1 aromatic rings. The van der Waals surface area contributed by atoms with Crippen LogP contribution in [-0.4, -0.2) is 26.1 Å². The highest BCUT2D eigenvalue weighted by Gasteiger charge is 2.21. The lowest BCUT2D eigenvalue weighted by Gasteiger charge is -2.23. The van der Waals surface area contributed by atoms with Gasteiger partial charge in [0.15, 0.2) is 0 Å². The molecule has 5 nitrogen and oxygen atoms in total. The lowest BCUT2D eigenvalue weighted by Crippen LogP contribution is -2.20. The maximum atomic E-state index is 11.1. The summed E-state index contributed by atoms with van der Waals surface area (Å²) in [7, 11) is 1.05.